The second-order valence-electron chi connectivity index (χ2n) is 7.13. The van der Waals surface area contributed by atoms with Gasteiger partial charge < -0.3 is 19.9 Å². The van der Waals surface area contributed by atoms with Crippen LogP contribution >= 0.6 is 12.4 Å². The molecule has 9 nitrogen and oxygen atoms in total. The lowest BCUT2D eigenvalue weighted by molar-refractivity contribution is 0.0697. The zero-order chi connectivity index (χ0) is 23.0. The second-order valence-corrected chi connectivity index (χ2v) is 7.13. The minimum atomic E-state index is -0.932. The van der Waals surface area contributed by atoms with E-state index in [2.05, 4.69) is 20.8 Å². The number of nitrogens with one attached hydrogen (secondary N) is 1. The van der Waals surface area contributed by atoms with Crippen LogP contribution in [-0.2, 0) is 13.1 Å². The van der Waals surface area contributed by atoms with Crippen LogP contribution in [-0.4, -0.2) is 37.9 Å². The SMILES string of the molecule is CCOc1cc(CNCc2ccc(C(=O)O)cc2)ccc1Oc1nnnn1-c1ccccc1.Cl. The molecule has 34 heavy (non-hydrogen) atoms. The van der Waals surface area contributed by atoms with Crippen molar-refractivity contribution in [2.24, 2.45) is 0 Å². The first-order valence-electron chi connectivity index (χ1n) is 10.4. The van der Waals surface area contributed by atoms with E-state index >= 15 is 0 Å². The summed E-state index contributed by atoms with van der Waals surface area (Å²) in [6, 6.07) is 22.2. The fourth-order valence-electron chi connectivity index (χ4n) is 3.20. The van der Waals surface area contributed by atoms with Crippen LogP contribution in [0.25, 0.3) is 5.69 Å². The molecule has 2 N–H and O–H groups in total. The van der Waals surface area contributed by atoms with Gasteiger partial charge in [0.15, 0.2) is 11.5 Å². The summed E-state index contributed by atoms with van der Waals surface area (Å²) in [5, 5.41) is 24.1. The lowest BCUT2D eigenvalue weighted by Gasteiger charge is -2.13. The fraction of sp³-hybridized carbons (Fsp3) is 0.167. The van der Waals surface area contributed by atoms with Crippen molar-refractivity contribution in [3.63, 3.8) is 0 Å². The van der Waals surface area contributed by atoms with Crippen LogP contribution in [0.5, 0.6) is 17.5 Å². The molecule has 0 amide bonds. The maximum atomic E-state index is 11.0. The van der Waals surface area contributed by atoms with Crippen LogP contribution in [0.2, 0.25) is 0 Å². The van der Waals surface area contributed by atoms with E-state index in [4.69, 9.17) is 14.6 Å². The van der Waals surface area contributed by atoms with E-state index in [0.29, 0.717) is 31.2 Å². The molecule has 10 heteroatoms. The molecule has 0 saturated carbocycles. The van der Waals surface area contributed by atoms with E-state index in [0.717, 1.165) is 16.8 Å². The smallest absolute Gasteiger partial charge is 0.346 e. The van der Waals surface area contributed by atoms with E-state index < -0.39 is 5.97 Å². The number of aromatic carboxylic acids is 1. The number of carbonyl (C=O) groups is 1. The highest BCUT2D eigenvalue weighted by Crippen LogP contribution is 2.32. The van der Waals surface area contributed by atoms with Crippen molar-refractivity contribution in [2.75, 3.05) is 6.61 Å². The van der Waals surface area contributed by atoms with Gasteiger partial charge in [-0.15, -0.1) is 12.4 Å². The van der Waals surface area contributed by atoms with Gasteiger partial charge in [-0.1, -0.05) is 41.5 Å². The Morgan fingerprint density at radius 2 is 1.68 bits per heavy atom. The third-order valence-electron chi connectivity index (χ3n) is 4.81. The number of hydrogen-bond donors (Lipinski definition) is 2. The molecule has 1 heterocycles. The topological polar surface area (TPSA) is 111 Å². The number of ether oxygens (including phenoxy) is 2. The van der Waals surface area contributed by atoms with Gasteiger partial charge in [0.05, 0.1) is 17.9 Å². The van der Waals surface area contributed by atoms with Crippen molar-refractivity contribution in [3.05, 3.63) is 89.5 Å². The Bertz CT molecular complexity index is 1220. The Labute approximate surface area is 202 Å². The molecule has 0 aliphatic rings. The maximum Gasteiger partial charge on any atom is 0.346 e. The van der Waals surface area contributed by atoms with Crippen LogP contribution in [0.15, 0.2) is 72.8 Å². The Hall–Kier alpha value is -3.95. The molecule has 4 aromatic rings. The van der Waals surface area contributed by atoms with Gasteiger partial charge in [-0.2, -0.15) is 4.68 Å². The molecule has 0 radical (unpaired) electrons. The van der Waals surface area contributed by atoms with Gasteiger partial charge in [0.25, 0.3) is 0 Å². The van der Waals surface area contributed by atoms with Crippen molar-refractivity contribution >= 4 is 18.4 Å². The van der Waals surface area contributed by atoms with Crippen molar-refractivity contribution in [2.45, 2.75) is 20.0 Å². The van der Waals surface area contributed by atoms with E-state index in [9.17, 15) is 4.79 Å². The van der Waals surface area contributed by atoms with Crippen molar-refractivity contribution in [3.8, 4) is 23.2 Å². The molecule has 0 aliphatic carbocycles. The van der Waals surface area contributed by atoms with Crippen LogP contribution in [0.3, 0.4) is 0 Å². The van der Waals surface area contributed by atoms with E-state index in [1.807, 2.05) is 55.5 Å². The lowest BCUT2D eigenvalue weighted by atomic mass is 10.1. The average molecular weight is 482 g/mol. The normalized spacial score (nSPS) is 10.4. The highest BCUT2D eigenvalue weighted by molar-refractivity contribution is 5.87. The number of halogens is 1. The molecule has 0 saturated heterocycles. The van der Waals surface area contributed by atoms with Gasteiger partial charge >= 0.3 is 12.0 Å². The molecule has 3 aromatic carbocycles. The first-order chi connectivity index (χ1) is 16.1. The Kier molecular flexibility index (Phi) is 8.55. The number of nitrogens with zero attached hydrogens (tertiary/aromatic N) is 4. The summed E-state index contributed by atoms with van der Waals surface area (Å²) in [6.45, 7) is 3.59. The molecule has 0 fully saturated rings. The standard InChI is InChI=1S/C24H23N5O4.ClH/c1-2-32-22-14-18(16-25-15-17-8-11-19(12-9-17)23(30)31)10-13-21(22)33-24-26-27-28-29(24)20-6-4-3-5-7-20;/h3-14,25H,2,15-16H2,1H3,(H,30,31);1H. The molecule has 0 bridgehead atoms. The number of carboxylic acids is 1. The van der Waals surface area contributed by atoms with Crippen molar-refractivity contribution < 1.29 is 19.4 Å². The third kappa shape index (κ3) is 6.09. The molecular weight excluding hydrogens is 458 g/mol. The van der Waals surface area contributed by atoms with Crippen molar-refractivity contribution in [1.82, 2.24) is 25.5 Å². The first kappa shape index (κ1) is 24.7. The van der Waals surface area contributed by atoms with Gasteiger partial charge in [-0.25, -0.2) is 4.79 Å². The number of aromatic nitrogens is 4. The summed E-state index contributed by atoms with van der Waals surface area (Å²) in [7, 11) is 0. The molecule has 4 rings (SSSR count). The predicted molar refractivity (Wildman–Crippen MR) is 128 cm³/mol. The summed E-state index contributed by atoms with van der Waals surface area (Å²) in [5.74, 6) is 0.167. The van der Waals surface area contributed by atoms with Crippen LogP contribution in [0.4, 0.5) is 0 Å². The number of hydrogen-bond acceptors (Lipinski definition) is 7. The van der Waals surface area contributed by atoms with Gasteiger partial charge in [0, 0.05) is 13.1 Å². The summed E-state index contributed by atoms with van der Waals surface area (Å²) < 4.78 is 13.3. The zero-order valence-corrected chi connectivity index (χ0v) is 19.2. The molecule has 176 valence electrons. The van der Waals surface area contributed by atoms with Crippen LogP contribution in [0.1, 0.15) is 28.4 Å². The first-order valence-corrected chi connectivity index (χ1v) is 10.4. The number of tetrazole rings is 1. The van der Waals surface area contributed by atoms with Crippen LogP contribution in [0, 0.1) is 0 Å². The van der Waals surface area contributed by atoms with Gasteiger partial charge in [0.1, 0.15) is 0 Å². The Morgan fingerprint density at radius 1 is 0.971 bits per heavy atom. The van der Waals surface area contributed by atoms with Crippen molar-refractivity contribution in [1.29, 1.82) is 0 Å². The summed E-state index contributed by atoms with van der Waals surface area (Å²) in [5.41, 5.74) is 3.06. The zero-order valence-electron chi connectivity index (χ0n) is 18.4. The van der Waals surface area contributed by atoms with Crippen LogP contribution < -0.4 is 14.8 Å². The number of para-hydroxylation sites is 1. The third-order valence-corrected chi connectivity index (χ3v) is 4.81. The quantitative estimate of drug-likeness (QED) is 0.345. The van der Waals surface area contributed by atoms with Gasteiger partial charge in [0.2, 0.25) is 0 Å². The molecule has 1 aromatic heterocycles. The molecule has 0 unspecified atom stereocenters. The van der Waals surface area contributed by atoms with Gasteiger partial charge in [-0.3, -0.25) is 0 Å². The number of rotatable bonds is 10. The monoisotopic (exact) mass is 481 g/mol. The maximum absolute atomic E-state index is 11.0. The lowest BCUT2D eigenvalue weighted by Crippen LogP contribution is -2.13. The van der Waals surface area contributed by atoms with E-state index in [1.54, 1.807) is 24.3 Å². The molecular formula is C24H24ClN5O4. The Balaban J connectivity index is 0.00000324. The molecule has 0 atom stereocenters. The highest BCUT2D eigenvalue weighted by Gasteiger charge is 2.14. The number of benzene rings is 3. The summed E-state index contributed by atoms with van der Waals surface area (Å²) >= 11 is 0. The number of carboxylic acid groups (broad SMARTS) is 1. The minimum absolute atomic E-state index is 0. The predicted octanol–water partition coefficient (Wildman–Crippen LogP) is 4.26. The fourth-order valence-corrected chi connectivity index (χ4v) is 3.20. The molecule has 0 spiro atoms. The van der Waals surface area contributed by atoms with E-state index in [1.165, 1.54) is 4.68 Å². The largest absolute Gasteiger partial charge is 0.490 e. The second kappa shape index (κ2) is 11.8. The summed E-state index contributed by atoms with van der Waals surface area (Å²) in [6.07, 6.45) is 0. The minimum Gasteiger partial charge on any atom is -0.490 e. The highest BCUT2D eigenvalue weighted by atomic mass is 35.5. The molecule has 0 aliphatic heterocycles. The van der Waals surface area contributed by atoms with Gasteiger partial charge in [-0.05, 0) is 64.9 Å². The average Bonchev–Trinajstić information content (AvgIpc) is 3.30. The van der Waals surface area contributed by atoms with E-state index in [-0.39, 0.29) is 24.0 Å². The summed E-state index contributed by atoms with van der Waals surface area (Å²) in [4.78, 5) is 11.0. The Morgan fingerprint density at radius 3 is 2.38 bits per heavy atom.